The molecule has 0 amide bonds. The molecule has 1 aromatic heterocycles. The maximum Gasteiger partial charge on any atom is 0.105 e. The van der Waals surface area contributed by atoms with Crippen LogP contribution in [0.5, 0.6) is 0 Å². The van der Waals surface area contributed by atoms with Gasteiger partial charge in [0, 0.05) is 38.1 Å². The van der Waals surface area contributed by atoms with Crippen molar-refractivity contribution in [3.8, 4) is 0 Å². The molecule has 1 aliphatic rings. The molecular formula is C11H19N3O. The van der Waals surface area contributed by atoms with E-state index in [2.05, 4.69) is 21.8 Å². The zero-order valence-corrected chi connectivity index (χ0v) is 9.44. The molecule has 1 N–H and O–H groups in total. The molecule has 0 spiro atoms. The molecule has 0 saturated carbocycles. The zero-order chi connectivity index (χ0) is 10.7. The fourth-order valence-electron chi connectivity index (χ4n) is 2.01. The number of aryl methyl sites for hydroxylation is 1. The van der Waals surface area contributed by atoms with Gasteiger partial charge >= 0.3 is 0 Å². The molecule has 0 aromatic carbocycles. The Bertz CT molecular complexity index is 311. The minimum atomic E-state index is 0.355. The van der Waals surface area contributed by atoms with E-state index < -0.39 is 0 Å². The fourth-order valence-corrected chi connectivity index (χ4v) is 2.01. The van der Waals surface area contributed by atoms with Gasteiger partial charge in [0.25, 0.3) is 0 Å². The van der Waals surface area contributed by atoms with Crippen LogP contribution in [0.4, 0.5) is 0 Å². The summed E-state index contributed by atoms with van der Waals surface area (Å²) in [4.78, 5) is 4.19. The Labute approximate surface area is 90.6 Å². The van der Waals surface area contributed by atoms with Gasteiger partial charge in [0.2, 0.25) is 0 Å². The third-order valence-corrected chi connectivity index (χ3v) is 3.06. The smallest absolute Gasteiger partial charge is 0.105 e. The van der Waals surface area contributed by atoms with Crippen molar-refractivity contribution < 1.29 is 4.74 Å². The van der Waals surface area contributed by atoms with Crippen LogP contribution in [0.15, 0.2) is 12.4 Å². The molecule has 1 aromatic rings. The van der Waals surface area contributed by atoms with Crippen LogP contribution in [-0.4, -0.2) is 34.8 Å². The molecule has 0 radical (unpaired) electrons. The van der Waals surface area contributed by atoms with Crippen LogP contribution in [-0.2, 0) is 11.3 Å². The molecule has 15 heavy (non-hydrogen) atoms. The van der Waals surface area contributed by atoms with E-state index in [0.29, 0.717) is 12.1 Å². The normalized spacial score (nSPS) is 26.0. The molecule has 1 saturated heterocycles. The van der Waals surface area contributed by atoms with Gasteiger partial charge in [0.05, 0.1) is 6.10 Å². The summed E-state index contributed by atoms with van der Waals surface area (Å²) in [5, 5.41) is 3.52. The molecule has 4 heteroatoms. The van der Waals surface area contributed by atoms with Gasteiger partial charge in [-0.15, -0.1) is 0 Å². The van der Waals surface area contributed by atoms with E-state index in [9.17, 15) is 0 Å². The number of hydrogen-bond acceptors (Lipinski definition) is 3. The van der Waals surface area contributed by atoms with Crippen molar-refractivity contribution in [2.45, 2.75) is 39.0 Å². The molecule has 2 atom stereocenters. The van der Waals surface area contributed by atoms with Crippen molar-refractivity contribution in [2.24, 2.45) is 0 Å². The van der Waals surface area contributed by atoms with E-state index in [1.807, 2.05) is 19.3 Å². The van der Waals surface area contributed by atoms with E-state index in [4.69, 9.17) is 4.74 Å². The van der Waals surface area contributed by atoms with Gasteiger partial charge in [0.15, 0.2) is 0 Å². The van der Waals surface area contributed by atoms with Crippen LogP contribution in [0.3, 0.4) is 0 Å². The first-order valence-electron chi connectivity index (χ1n) is 5.60. The quantitative estimate of drug-likeness (QED) is 0.802. The van der Waals surface area contributed by atoms with Crippen LogP contribution in [0, 0.1) is 6.92 Å². The molecule has 4 nitrogen and oxygen atoms in total. The van der Waals surface area contributed by atoms with Crippen LogP contribution < -0.4 is 5.32 Å². The maximum absolute atomic E-state index is 5.50. The number of imidazole rings is 1. The third kappa shape index (κ3) is 2.58. The molecule has 2 unspecified atom stereocenters. The molecule has 2 heterocycles. The Kier molecular flexibility index (Phi) is 3.38. The van der Waals surface area contributed by atoms with Crippen LogP contribution in [0.25, 0.3) is 0 Å². The lowest BCUT2D eigenvalue weighted by Gasteiger charge is -2.16. The summed E-state index contributed by atoms with van der Waals surface area (Å²) in [6.07, 6.45) is 5.35. The highest BCUT2D eigenvalue weighted by Gasteiger charge is 2.22. The van der Waals surface area contributed by atoms with Crippen molar-refractivity contribution in [2.75, 3.05) is 13.2 Å². The van der Waals surface area contributed by atoms with E-state index in [1.54, 1.807) is 0 Å². The van der Waals surface area contributed by atoms with Crippen molar-refractivity contribution in [3.05, 3.63) is 18.2 Å². The second-order valence-electron chi connectivity index (χ2n) is 4.09. The van der Waals surface area contributed by atoms with Gasteiger partial charge in [0.1, 0.15) is 5.82 Å². The second-order valence-corrected chi connectivity index (χ2v) is 4.09. The Morgan fingerprint density at radius 1 is 1.67 bits per heavy atom. The summed E-state index contributed by atoms with van der Waals surface area (Å²) in [6.45, 7) is 7.02. The van der Waals surface area contributed by atoms with Crippen LogP contribution in [0.1, 0.15) is 19.2 Å². The largest absolute Gasteiger partial charge is 0.377 e. The summed E-state index contributed by atoms with van der Waals surface area (Å²) in [7, 11) is 0. The minimum absolute atomic E-state index is 0.355. The molecule has 0 aliphatic carbocycles. The van der Waals surface area contributed by atoms with Gasteiger partial charge in [-0.2, -0.15) is 0 Å². The summed E-state index contributed by atoms with van der Waals surface area (Å²) in [5.41, 5.74) is 0. The lowest BCUT2D eigenvalue weighted by molar-refractivity contribution is 0.113. The number of ether oxygens (including phenoxy) is 1. The highest BCUT2D eigenvalue weighted by molar-refractivity contribution is 4.88. The Morgan fingerprint density at radius 3 is 3.13 bits per heavy atom. The maximum atomic E-state index is 5.50. The number of hydrogen-bond donors (Lipinski definition) is 1. The fraction of sp³-hybridized carbons (Fsp3) is 0.727. The highest BCUT2D eigenvalue weighted by atomic mass is 16.5. The van der Waals surface area contributed by atoms with Crippen molar-refractivity contribution in [3.63, 3.8) is 0 Å². The Balaban J connectivity index is 1.73. The van der Waals surface area contributed by atoms with Crippen LogP contribution in [0.2, 0.25) is 0 Å². The predicted octanol–water partition coefficient (Wildman–Crippen LogP) is 0.959. The molecule has 84 valence electrons. The Hall–Kier alpha value is -0.870. The first-order chi connectivity index (χ1) is 7.27. The summed E-state index contributed by atoms with van der Waals surface area (Å²) in [5.74, 6) is 1.08. The van der Waals surface area contributed by atoms with E-state index in [1.165, 1.54) is 0 Å². The second kappa shape index (κ2) is 4.77. The summed E-state index contributed by atoms with van der Waals surface area (Å²) >= 11 is 0. The first-order valence-corrected chi connectivity index (χ1v) is 5.60. The average Bonchev–Trinajstić information content (AvgIpc) is 2.78. The van der Waals surface area contributed by atoms with E-state index >= 15 is 0 Å². The molecule has 1 fully saturated rings. The monoisotopic (exact) mass is 209 g/mol. The molecular weight excluding hydrogens is 190 g/mol. The van der Waals surface area contributed by atoms with Crippen molar-refractivity contribution in [1.29, 1.82) is 0 Å². The number of aromatic nitrogens is 2. The number of nitrogens with one attached hydrogen (secondary N) is 1. The van der Waals surface area contributed by atoms with Gasteiger partial charge in [-0.1, -0.05) is 0 Å². The lowest BCUT2D eigenvalue weighted by Crippen LogP contribution is -2.36. The standard InChI is InChI=1S/C11H19N3O/c1-9-11(3-8-15-9)13-5-7-14-6-4-12-10(14)2/h4,6,9,11,13H,3,5,7-8H2,1-2H3. The highest BCUT2D eigenvalue weighted by Crippen LogP contribution is 2.12. The van der Waals surface area contributed by atoms with Gasteiger partial charge < -0.3 is 14.6 Å². The third-order valence-electron chi connectivity index (χ3n) is 3.06. The zero-order valence-electron chi connectivity index (χ0n) is 9.44. The Morgan fingerprint density at radius 2 is 2.53 bits per heavy atom. The minimum Gasteiger partial charge on any atom is -0.377 e. The molecule has 2 rings (SSSR count). The van der Waals surface area contributed by atoms with Gasteiger partial charge in [-0.3, -0.25) is 0 Å². The van der Waals surface area contributed by atoms with E-state index in [0.717, 1.165) is 31.9 Å². The van der Waals surface area contributed by atoms with Gasteiger partial charge in [-0.05, 0) is 20.3 Å². The number of rotatable bonds is 4. The molecule has 1 aliphatic heterocycles. The van der Waals surface area contributed by atoms with Gasteiger partial charge in [-0.25, -0.2) is 4.98 Å². The van der Waals surface area contributed by atoms with Crippen LogP contribution >= 0.6 is 0 Å². The van der Waals surface area contributed by atoms with Crippen molar-refractivity contribution in [1.82, 2.24) is 14.9 Å². The van der Waals surface area contributed by atoms with Crippen molar-refractivity contribution >= 4 is 0 Å². The predicted molar refractivity (Wildman–Crippen MR) is 58.8 cm³/mol. The SMILES string of the molecule is Cc1nccn1CCNC1CCOC1C. The summed E-state index contributed by atoms with van der Waals surface area (Å²) < 4.78 is 7.66. The average molecular weight is 209 g/mol. The molecule has 0 bridgehead atoms. The summed E-state index contributed by atoms with van der Waals surface area (Å²) in [6, 6.07) is 0.522. The first kappa shape index (κ1) is 10.6. The lowest BCUT2D eigenvalue weighted by atomic mass is 10.1. The van der Waals surface area contributed by atoms with E-state index in [-0.39, 0.29) is 0 Å². The number of nitrogens with zero attached hydrogens (tertiary/aromatic N) is 2. The topological polar surface area (TPSA) is 39.1 Å².